The third-order valence-electron chi connectivity index (χ3n) is 2.55. The predicted octanol–water partition coefficient (Wildman–Crippen LogP) is 1.97. The van der Waals surface area contributed by atoms with Crippen LogP contribution in [-0.4, -0.2) is 15.7 Å². The van der Waals surface area contributed by atoms with Crippen molar-refractivity contribution in [3.8, 4) is 5.69 Å². The summed E-state index contributed by atoms with van der Waals surface area (Å²) in [5.74, 6) is -0.344. The quantitative estimate of drug-likeness (QED) is 0.940. The van der Waals surface area contributed by atoms with Gasteiger partial charge in [0.05, 0.1) is 18.3 Å². The average Bonchev–Trinajstić information content (AvgIpc) is 2.61. The molecule has 1 aromatic heterocycles. The molecule has 1 heterocycles. The van der Waals surface area contributed by atoms with Gasteiger partial charge in [-0.3, -0.25) is 4.79 Å². The van der Waals surface area contributed by atoms with Crippen LogP contribution in [0.1, 0.15) is 11.3 Å². The number of primary amides is 1. The lowest BCUT2D eigenvalue weighted by Gasteiger charge is -2.05. The minimum absolute atomic E-state index is 0.225. The number of hydrogen-bond acceptors (Lipinski definition) is 2. The van der Waals surface area contributed by atoms with E-state index in [9.17, 15) is 4.79 Å². The van der Waals surface area contributed by atoms with Gasteiger partial charge in [0, 0.05) is 15.7 Å². The summed E-state index contributed by atoms with van der Waals surface area (Å²) in [6, 6.07) is 7.81. The molecular formula is C12H12BrN3O. The van der Waals surface area contributed by atoms with E-state index in [1.165, 1.54) is 0 Å². The molecule has 0 atom stereocenters. The summed E-state index contributed by atoms with van der Waals surface area (Å²) >= 11 is 3.38. The van der Waals surface area contributed by atoms with Crippen molar-refractivity contribution in [1.82, 2.24) is 9.78 Å². The molecule has 5 heteroatoms. The molecule has 88 valence electrons. The van der Waals surface area contributed by atoms with E-state index < -0.39 is 0 Å². The molecule has 0 unspecified atom stereocenters. The fraction of sp³-hybridized carbons (Fsp3) is 0.167. The van der Waals surface area contributed by atoms with E-state index in [1.807, 2.05) is 31.2 Å². The lowest BCUT2D eigenvalue weighted by Crippen LogP contribution is -2.14. The standard InChI is InChI=1S/C12H12BrN3O/c1-8-9(6-12(14)17)7-15-16(8)11-4-2-10(13)3-5-11/h2-5,7H,6H2,1H3,(H2,14,17). The van der Waals surface area contributed by atoms with Crippen LogP contribution >= 0.6 is 15.9 Å². The third kappa shape index (κ3) is 2.55. The molecule has 0 bridgehead atoms. The number of rotatable bonds is 3. The van der Waals surface area contributed by atoms with Crippen LogP contribution in [-0.2, 0) is 11.2 Å². The van der Waals surface area contributed by atoms with Crippen molar-refractivity contribution in [2.75, 3.05) is 0 Å². The van der Waals surface area contributed by atoms with Crippen molar-refractivity contribution in [2.24, 2.45) is 5.73 Å². The number of hydrogen-bond donors (Lipinski definition) is 1. The number of benzene rings is 1. The zero-order chi connectivity index (χ0) is 12.4. The lowest BCUT2D eigenvalue weighted by atomic mass is 10.2. The van der Waals surface area contributed by atoms with Gasteiger partial charge in [0.25, 0.3) is 0 Å². The molecule has 2 N–H and O–H groups in total. The van der Waals surface area contributed by atoms with Gasteiger partial charge in [0.1, 0.15) is 0 Å². The Balaban J connectivity index is 2.37. The summed E-state index contributed by atoms with van der Waals surface area (Å²) in [5.41, 5.74) is 7.94. The van der Waals surface area contributed by atoms with Crippen LogP contribution < -0.4 is 5.73 Å². The average molecular weight is 294 g/mol. The summed E-state index contributed by atoms with van der Waals surface area (Å²) < 4.78 is 2.81. The van der Waals surface area contributed by atoms with Crippen LogP contribution in [0.25, 0.3) is 5.69 Å². The molecule has 1 amide bonds. The van der Waals surface area contributed by atoms with Gasteiger partial charge in [-0.05, 0) is 31.2 Å². The molecule has 0 saturated carbocycles. The van der Waals surface area contributed by atoms with E-state index in [1.54, 1.807) is 10.9 Å². The van der Waals surface area contributed by atoms with Crippen molar-refractivity contribution in [2.45, 2.75) is 13.3 Å². The summed E-state index contributed by atoms with van der Waals surface area (Å²) in [6.45, 7) is 1.92. The summed E-state index contributed by atoms with van der Waals surface area (Å²) in [6.07, 6.45) is 1.91. The van der Waals surface area contributed by atoms with E-state index in [-0.39, 0.29) is 12.3 Å². The van der Waals surface area contributed by atoms with Crippen LogP contribution in [0.15, 0.2) is 34.9 Å². The van der Waals surface area contributed by atoms with Gasteiger partial charge < -0.3 is 5.73 Å². The molecule has 0 aliphatic heterocycles. The smallest absolute Gasteiger partial charge is 0.221 e. The minimum Gasteiger partial charge on any atom is -0.369 e. The van der Waals surface area contributed by atoms with Crippen molar-refractivity contribution in [3.05, 3.63) is 46.2 Å². The maximum Gasteiger partial charge on any atom is 0.221 e. The van der Waals surface area contributed by atoms with Crippen molar-refractivity contribution in [1.29, 1.82) is 0 Å². The molecule has 0 radical (unpaired) electrons. The molecule has 0 aliphatic carbocycles. The van der Waals surface area contributed by atoms with Gasteiger partial charge in [0.2, 0.25) is 5.91 Å². The van der Waals surface area contributed by atoms with E-state index in [4.69, 9.17) is 5.73 Å². The van der Waals surface area contributed by atoms with E-state index in [0.717, 1.165) is 21.4 Å². The highest BCUT2D eigenvalue weighted by atomic mass is 79.9. The van der Waals surface area contributed by atoms with Crippen LogP contribution in [0.5, 0.6) is 0 Å². The van der Waals surface area contributed by atoms with Crippen molar-refractivity contribution >= 4 is 21.8 Å². The largest absolute Gasteiger partial charge is 0.369 e. The fourth-order valence-electron chi connectivity index (χ4n) is 1.65. The second-order valence-corrected chi connectivity index (χ2v) is 4.70. The van der Waals surface area contributed by atoms with Crippen LogP contribution in [0.4, 0.5) is 0 Å². The Morgan fingerprint density at radius 2 is 2.06 bits per heavy atom. The van der Waals surface area contributed by atoms with Gasteiger partial charge in [-0.2, -0.15) is 5.10 Å². The molecule has 0 saturated heterocycles. The normalized spacial score (nSPS) is 10.5. The van der Waals surface area contributed by atoms with Gasteiger partial charge in [-0.15, -0.1) is 0 Å². The molecule has 2 rings (SSSR count). The molecule has 0 fully saturated rings. The first-order valence-electron chi connectivity index (χ1n) is 5.15. The maximum absolute atomic E-state index is 10.9. The second kappa shape index (κ2) is 4.71. The number of halogens is 1. The number of carbonyl (C=O) groups is 1. The Kier molecular flexibility index (Phi) is 3.28. The molecule has 4 nitrogen and oxygen atoms in total. The Morgan fingerprint density at radius 1 is 1.41 bits per heavy atom. The topological polar surface area (TPSA) is 60.9 Å². The van der Waals surface area contributed by atoms with Crippen LogP contribution in [0.3, 0.4) is 0 Å². The SMILES string of the molecule is Cc1c(CC(N)=O)cnn1-c1ccc(Br)cc1. The highest BCUT2D eigenvalue weighted by Gasteiger charge is 2.09. The second-order valence-electron chi connectivity index (χ2n) is 3.79. The van der Waals surface area contributed by atoms with Gasteiger partial charge in [-0.1, -0.05) is 15.9 Å². The summed E-state index contributed by atoms with van der Waals surface area (Å²) in [7, 11) is 0. The van der Waals surface area contributed by atoms with Gasteiger partial charge in [-0.25, -0.2) is 4.68 Å². The Hall–Kier alpha value is -1.62. The Labute approximate surface area is 108 Å². The van der Waals surface area contributed by atoms with Crippen LogP contribution in [0.2, 0.25) is 0 Å². The van der Waals surface area contributed by atoms with Gasteiger partial charge >= 0.3 is 0 Å². The van der Waals surface area contributed by atoms with Crippen molar-refractivity contribution < 1.29 is 4.79 Å². The van der Waals surface area contributed by atoms with Gasteiger partial charge in [0.15, 0.2) is 0 Å². The fourth-order valence-corrected chi connectivity index (χ4v) is 1.91. The first kappa shape index (κ1) is 11.9. The molecule has 17 heavy (non-hydrogen) atoms. The Bertz CT molecular complexity index is 545. The zero-order valence-corrected chi connectivity index (χ0v) is 10.9. The molecule has 0 spiro atoms. The summed E-state index contributed by atoms with van der Waals surface area (Å²) in [5, 5.41) is 4.26. The number of aromatic nitrogens is 2. The number of amides is 1. The molecule has 2 aromatic rings. The van der Waals surface area contributed by atoms with E-state index in [0.29, 0.717) is 0 Å². The zero-order valence-electron chi connectivity index (χ0n) is 9.35. The highest BCUT2D eigenvalue weighted by Crippen LogP contribution is 2.17. The molecule has 0 aliphatic rings. The van der Waals surface area contributed by atoms with Crippen molar-refractivity contribution in [3.63, 3.8) is 0 Å². The lowest BCUT2D eigenvalue weighted by molar-refractivity contribution is -0.117. The highest BCUT2D eigenvalue weighted by molar-refractivity contribution is 9.10. The number of carbonyl (C=O) groups excluding carboxylic acids is 1. The third-order valence-corrected chi connectivity index (χ3v) is 3.08. The van der Waals surface area contributed by atoms with E-state index in [2.05, 4.69) is 21.0 Å². The molecule has 1 aromatic carbocycles. The maximum atomic E-state index is 10.9. The number of nitrogens with two attached hydrogens (primary N) is 1. The first-order valence-corrected chi connectivity index (χ1v) is 5.95. The van der Waals surface area contributed by atoms with Crippen LogP contribution in [0, 0.1) is 6.92 Å². The first-order chi connectivity index (χ1) is 8.08. The minimum atomic E-state index is -0.344. The molecular weight excluding hydrogens is 282 g/mol. The predicted molar refractivity (Wildman–Crippen MR) is 68.9 cm³/mol. The monoisotopic (exact) mass is 293 g/mol. The summed E-state index contributed by atoms with van der Waals surface area (Å²) in [4.78, 5) is 10.9. The van der Waals surface area contributed by atoms with E-state index >= 15 is 0 Å². The Morgan fingerprint density at radius 3 is 2.65 bits per heavy atom. The number of nitrogens with zero attached hydrogens (tertiary/aromatic N) is 2.